The molecule has 0 spiro atoms. The van der Waals surface area contributed by atoms with Crippen molar-refractivity contribution in [3.8, 4) is 22.8 Å². The summed E-state index contributed by atoms with van der Waals surface area (Å²) in [7, 11) is 0. The molecule has 0 saturated heterocycles. The second-order valence-corrected chi connectivity index (χ2v) is 5.99. The van der Waals surface area contributed by atoms with Crippen molar-refractivity contribution in [2.24, 2.45) is 0 Å². The second kappa shape index (κ2) is 5.13. The summed E-state index contributed by atoms with van der Waals surface area (Å²) in [5.41, 5.74) is 3.23. The predicted octanol–water partition coefficient (Wildman–Crippen LogP) is 4.10. The summed E-state index contributed by atoms with van der Waals surface area (Å²) in [6.07, 6.45) is 3.42. The molecule has 21 heavy (non-hydrogen) atoms. The van der Waals surface area contributed by atoms with Gasteiger partial charge in [-0.3, -0.25) is 4.98 Å². The zero-order chi connectivity index (χ0) is 14.9. The lowest BCUT2D eigenvalue weighted by Gasteiger charge is -2.18. The summed E-state index contributed by atoms with van der Waals surface area (Å²) in [5.74, 6) is 1.11. The molecule has 0 bridgehead atoms. The zero-order valence-corrected chi connectivity index (χ0v) is 12.4. The van der Waals surface area contributed by atoms with Gasteiger partial charge in [0.15, 0.2) is 0 Å². The molecule has 0 radical (unpaired) electrons. The maximum absolute atomic E-state index is 5.35. The first kappa shape index (κ1) is 13.5. The Morgan fingerprint density at radius 2 is 1.52 bits per heavy atom. The van der Waals surface area contributed by atoms with Gasteiger partial charge in [0.05, 0.1) is 0 Å². The molecule has 0 aliphatic heterocycles. The van der Waals surface area contributed by atoms with Crippen molar-refractivity contribution in [2.45, 2.75) is 26.2 Å². The number of benzene rings is 1. The molecule has 0 N–H and O–H groups in total. The molecule has 0 aliphatic rings. The molecular weight excluding hydrogens is 262 g/mol. The Morgan fingerprint density at radius 1 is 0.857 bits per heavy atom. The first-order valence-electron chi connectivity index (χ1n) is 6.89. The Morgan fingerprint density at radius 3 is 2.14 bits per heavy atom. The fraction of sp³-hybridized carbons (Fsp3) is 0.235. The third kappa shape index (κ3) is 2.84. The number of hydrogen-bond acceptors (Lipinski definition) is 4. The standard InChI is InChI=1S/C17H17N3O/c1-17(2,3)14-6-4-13(5-7-14)16-19-15(20-21-16)12-8-10-18-11-9-12/h4-11H,1-3H3. The van der Waals surface area contributed by atoms with Crippen LogP contribution in [0.1, 0.15) is 26.3 Å². The van der Waals surface area contributed by atoms with Gasteiger partial charge < -0.3 is 4.52 Å². The maximum atomic E-state index is 5.35. The van der Waals surface area contributed by atoms with Crippen LogP contribution >= 0.6 is 0 Å². The van der Waals surface area contributed by atoms with Gasteiger partial charge >= 0.3 is 0 Å². The van der Waals surface area contributed by atoms with Crippen molar-refractivity contribution in [2.75, 3.05) is 0 Å². The highest BCUT2D eigenvalue weighted by Gasteiger charge is 2.15. The number of pyridine rings is 1. The molecule has 106 valence electrons. The quantitative estimate of drug-likeness (QED) is 0.708. The Balaban J connectivity index is 1.90. The Bertz CT molecular complexity index is 725. The van der Waals surface area contributed by atoms with Crippen LogP contribution in [0, 0.1) is 0 Å². The molecule has 0 saturated carbocycles. The van der Waals surface area contributed by atoms with Crippen LogP contribution in [0.5, 0.6) is 0 Å². The zero-order valence-electron chi connectivity index (χ0n) is 12.4. The minimum absolute atomic E-state index is 0.134. The maximum Gasteiger partial charge on any atom is 0.258 e. The topological polar surface area (TPSA) is 51.8 Å². The normalized spacial score (nSPS) is 11.6. The highest BCUT2D eigenvalue weighted by molar-refractivity contribution is 5.59. The highest BCUT2D eigenvalue weighted by Crippen LogP contribution is 2.26. The van der Waals surface area contributed by atoms with Crippen molar-refractivity contribution in [1.82, 2.24) is 15.1 Å². The molecule has 0 aliphatic carbocycles. The Kier molecular flexibility index (Phi) is 3.29. The third-order valence-electron chi connectivity index (χ3n) is 3.36. The summed E-state index contributed by atoms with van der Waals surface area (Å²) < 4.78 is 5.35. The number of aromatic nitrogens is 3. The average molecular weight is 279 g/mol. The second-order valence-electron chi connectivity index (χ2n) is 5.99. The van der Waals surface area contributed by atoms with Gasteiger partial charge in [0.2, 0.25) is 5.82 Å². The molecule has 0 unspecified atom stereocenters. The largest absolute Gasteiger partial charge is 0.334 e. The molecule has 2 aromatic heterocycles. The van der Waals surface area contributed by atoms with E-state index in [4.69, 9.17) is 4.52 Å². The van der Waals surface area contributed by atoms with Crippen molar-refractivity contribution in [3.05, 3.63) is 54.4 Å². The van der Waals surface area contributed by atoms with Gasteiger partial charge in [-0.1, -0.05) is 38.1 Å². The summed E-state index contributed by atoms with van der Waals surface area (Å²) in [4.78, 5) is 8.42. The van der Waals surface area contributed by atoms with E-state index in [0.29, 0.717) is 11.7 Å². The minimum Gasteiger partial charge on any atom is -0.334 e. The van der Waals surface area contributed by atoms with Gasteiger partial charge in [0.1, 0.15) is 0 Å². The van der Waals surface area contributed by atoms with Gasteiger partial charge in [-0.2, -0.15) is 4.98 Å². The smallest absolute Gasteiger partial charge is 0.258 e. The van der Waals surface area contributed by atoms with E-state index in [0.717, 1.165) is 11.1 Å². The van der Waals surface area contributed by atoms with Gasteiger partial charge in [-0.25, -0.2) is 0 Å². The van der Waals surface area contributed by atoms with E-state index < -0.39 is 0 Å². The number of rotatable bonds is 2. The van der Waals surface area contributed by atoms with Gasteiger partial charge in [-0.15, -0.1) is 0 Å². The van der Waals surface area contributed by atoms with Crippen molar-refractivity contribution in [3.63, 3.8) is 0 Å². The summed E-state index contributed by atoms with van der Waals surface area (Å²) in [6, 6.07) is 12.0. The third-order valence-corrected chi connectivity index (χ3v) is 3.36. The van der Waals surface area contributed by atoms with E-state index in [2.05, 4.69) is 48.0 Å². The highest BCUT2D eigenvalue weighted by atomic mass is 16.5. The van der Waals surface area contributed by atoms with E-state index in [1.807, 2.05) is 24.3 Å². The van der Waals surface area contributed by atoms with Crippen molar-refractivity contribution < 1.29 is 4.52 Å². The van der Waals surface area contributed by atoms with Crippen molar-refractivity contribution >= 4 is 0 Å². The Hall–Kier alpha value is -2.49. The van der Waals surface area contributed by atoms with Gasteiger partial charge in [0, 0.05) is 23.5 Å². The molecule has 0 atom stereocenters. The molecule has 3 aromatic rings. The first-order valence-corrected chi connectivity index (χ1v) is 6.89. The molecule has 0 fully saturated rings. The van der Waals surface area contributed by atoms with E-state index >= 15 is 0 Å². The molecule has 2 heterocycles. The molecule has 0 amide bonds. The van der Waals surface area contributed by atoms with Crippen LogP contribution in [0.4, 0.5) is 0 Å². The minimum atomic E-state index is 0.134. The van der Waals surface area contributed by atoms with E-state index in [9.17, 15) is 0 Å². The average Bonchev–Trinajstić information content (AvgIpc) is 2.97. The van der Waals surface area contributed by atoms with E-state index in [1.165, 1.54) is 5.56 Å². The number of nitrogens with zero attached hydrogens (tertiary/aromatic N) is 3. The van der Waals surface area contributed by atoms with Crippen molar-refractivity contribution in [1.29, 1.82) is 0 Å². The lowest BCUT2D eigenvalue weighted by molar-refractivity contribution is 0.432. The lowest BCUT2D eigenvalue weighted by Crippen LogP contribution is -2.10. The van der Waals surface area contributed by atoms with Crippen LogP contribution in [0.3, 0.4) is 0 Å². The molecule has 3 rings (SSSR count). The monoisotopic (exact) mass is 279 g/mol. The van der Waals surface area contributed by atoms with E-state index in [1.54, 1.807) is 12.4 Å². The van der Waals surface area contributed by atoms with E-state index in [-0.39, 0.29) is 5.41 Å². The van der Waals surface area contributed by atoms with Crippen LogP contribution in [0.15, 0.2) is 53.3 Å². The van der Waals surface area contributed by atoms with Crippen LogP contribution in [0.25, 0.3) is 22.8 Å². The first-order chi connectivity index (χ1) is 10.0. The predicted molar refractivity (Wildman–Crippen MR) is 81.7 cm³/mol. The van der Waals surface area contributed by atoms with Gasteiger partial charge in [-0.05, 0) is 35.2 Å². The van der Waals surface area contributed by atoms with Crippen LogP contribution in [-0.2, 0) is 5.41 Å². The molecule has 1 aromatic carbocycles. The van der Waals surface area contributed by atoms with Crippen LogP contribution in [0.2, 0.25) is 0 Å². The summed E-state index contributed by atoms with van der Waals surface area (Å²) in [5, 5.41) is 4.02. The summed E-state index contributed by atoms with van der Waals surface area (Å²) in [6.45, 7) is 6.57. The fourth-order valence-electron chi connectivity index (χ4n) is 2.07. The van der Waals surface area contributed by atoms with Gasteiger partial charge in [0.25, 0.3) is 5.89 Å². The molecule has 4 nitrogen and oxygen atoms in total. The molecular formula is C17H17N3O. The van der Waals surface area contributed by atoms with Crippen LogP contribution in [-0.4, -0.2) is 15.1 Å². The lowest BCUT2D eigenvalue weighted by atomic mass is 9.87. The number of hydrogen-bond donors (Lipinski definition) is 0. The SMILES string of the molecule is CC(C)(C)c1ccc(-c2nc(-c3ccncc3)no2)cc1. The van der Waals surface area contributed by atoms with Crippen LogP contribution < -0.4 is 0 Å². The summed E-state index contributed by atoms with van der Waals surface area (Å²) >= 11 is 0. The Labute approximate surface area is 123 Å². The fourth-order valence-corrected chi connectivity index (χ4v) is 2.07. The molecule has 4 heteroatoms.